The molecule has 0 aliphatic carbocycles. The van der Waals surface area contributed by atoms with Gasteiger partial charge in [0.05, 0.1) is 18.5 Å². The van der Waals surface area contributed by atoms with E-state index in [4.69, 9.17) is 10.1 Å². The highest BCUT2D eigenvalue weighted by molar-refractivity contribution is 7.98. The maximum Gasteiger partial charge on any atom is 0.243 e. The van der Waals surface area contributed by atoms with Gasteiger partial charge in [-0.05, 0) is 50.2 Å². The van der Waals surface area contributed by atoms with Crippen molar-refractivity contribution in [2.75, 3.05) is 38.2 Å². The zero-order valence-electron chi connectivity index (χ0n) is 23.9. The number of nitrogens with one attached hydrogen (secondary N) is 3. The lowest BCUT2D eigenvalue weighted by atomic mass is 9.98. The van der Waals surface area contributed by atoms with E-state index in [9.17, 15) is 14.4 Å². The highest BCUT2D eigenvalue weighted by Crippen LogP contribution is 2.25. The Balaban J connectivity index is 1.69. The number of fused-ring (bicyclic) bond motifs is 1. The predicted molar refractivity (Wildman–Crippen MR) is 158 cm³/mol. The molecular formula is C29H43N7O3S. The van der Waals surface area contributed by atoms with Crippen LogP contribution in [0.1, 0.15) is 57.8 Å². The molecule has 2 aliphatic rings. The molecule has 0 radical (unpaired) electrons. The second-order valence-corrected chi connectivity index (χ2v) is 12.0. The third-order valence-electron chi connectivity index (χ3n) is 7.61. The van der Waals surface area contributed by atoms with Crippen molar-refractivity contribution in [3.8, 4) is 11.4 Å². The first kappa shape index (κ1) is 30.0. The van der Waals surface area contributed by atoms with Crippen LogP contribution in [0.25, 0.3) is 11.4 Å². The van der Waals surface area contributed by atoms with Gasteiger partial charge in [-0.25, -0.2) is 9.67 Å². The second-order valence-electron chi connectivity index (χ2n) is 11.0. The number of hydrogen-bond acceptors (Lipinski definition) is 7. The van der Waals surface area contributed by atoms with Gasteiger partial charge < -0.3 is 20.9 Å². The van der Waals surface area contributed by atoms with Crippen LogP contribution in [0, 0.1) is 11.8 Å². The summed E-state index contributed by atoms with van der Waals surface area (Å²) < 4.78 is 1.86. The number of nitrogens with zero attached hydrogens (tertiary/aromatic N) is 4. The Bertz CT molecular complexity index is 1130. The minimum Gasteiger partial charge on any atom is -0.344 e. The summed E-state index contributed by atoms with van der Waals surface area (Å²) in [6.07, 6.45) is 5.16. The van der Waals surface area contributed by atoms with E-state index < -0.39 is 12.1 Å². The van der Waals surface area contributed by atoms with Gasteiger partial charge >= 0.3 is 0 Å². The van der Waals surface area contributed by atoms with Crippen molar-refractivity contribution >= 4 is 29.5 Å². The molecule has 0 unspecified atom stereocenters. The molecule has 4 rings (SSSR count). The lowest BCUT2D eigenvalue weighted by molar-refractivity contribution is -0.136. The Morgan fingerprint density at radius 1 is 1.10 bits per heavy atom. The molecule has 11 heteroatoms. The summed E-state index contributed by atoms with van der Waals surface area (Å²) in [6.45, 7) is 7.08. The Labute approximate surface area is 241 Å². The first-order valence-electron chi connectivity index (χ1n) is 14.5. The quantitative estimate of drug-likeness (QED) is 0.489. The summed E-state index contributed by atoms with van der Waals surface area (Å²) in [5, 5.41) is 14.4. The number of carbonyl (C=O) groups is 3. The lowest BCUT2D eigenvalue weighted by Gasteiger charge is -2.31. The van der Waals surface area contributed by atoms with Crippen LogP contribution >= 0.6 is 11.8 Å². The fraction of sp³-hybridized carbons (Fsp3) is 0.621. The molecule has 40 heavy (non-hydrogen) atoms. The van der Waals surface area contributed by atoms with E-state index >= 15 is 0 Å². The molecule has 3 atom stereocenters. The molecule has 2 aliphatic heterocycles. The molecule has 0 bridgehead atoms. The van der Waals surface area contributed by atoms with E-state index in [1.165, 1.54) is 0 Å². The van der Waals surface area contributed by atoms with Crippen molar-refractivity contribution < 1.29 is 14.4 Å². The average molecular weight is 570 g/mol. The monoisotopic (exact) mass is 569 g/mol. The fourth-order valence-corrected chi connectivity index (χ4v) is 5.78. The first-order chi connectivity index (χ1) is 19.4. The third-order valence-corrected chi connectivity index (χ3v) is 8.25. The van der Waals surface area contributed by atoms with Crippen molar-refractivity contribution in [3.05, 3.63) is 36.2 Å². The topological polar surface area (TPSA) is 121 Å². The molecule has 1 aromatic heterocycles. The molecule has 3 heterocycles. The molecule has 218 valence electrons. The Morgan fingerprint density at radius 3 is 2.60 bits per heavy atom. The average Bonchev–Trinajstić information content (AvgIpc) is 3.39. The van der Waals surface area contributed by atoms with Crippen LogP contribution in [0.2, 0.25) is 0 Å². The summed E-state index contributed by atoms with van der Waals surface area (Å²) in [5.74, 6) is 1.69. The van der Waals surface area contributed by atoms with Gasteiger partial charge in [-0.3, -0.25) is 14.4 Å². The third kappa shape index (κ3) is 7.84. The molecule has 1 saturated heterocycles. The SMILES string of the molecule is CSCC[C@@H]1NC(=O)CCCN(C(=O)[C@H]2CCCNC2)CCn2nc(-c3ccccc3)nc2[C@@H](C(C)C)NC1=O. The molecule has 0 spiro atoms. The highest BCUT2D eigenvalue weighted by atomic mass is 32.2. The molecule has 3 amide bonds. The minimum atomic E-state index is -0.639. The van der Waals surface area contributed by atoms with Gasteiger partial charge in [0.25, 0.3) is 0 Å². The molecule has 2 aromatic rings. The molecule has 1 fully saturated rings. The van der Waals surface area contributed by atoms with Crippen molar-refractivity contribution in [1.29, 1.82) is 0 Å². The normalized spacial score (nSPS) is 23.2. The van der Waals surface area contributed by atoms with Crippen LogP contribution in [-0.2, 0) is 20.9 Å². The van der Waals surface area contributed by atoms with Gasteiger partial charge in [0.1, 0.15) is 6.04 Å². The predicted octanol–water partition coefficient (Wildman–Crippen LogP) is 2.62. The number of amides is 3. The summed E-state index contributed by atoms with van der Waals surface area (Å²) in [4.78, 5) is 46.8. The maximum absolute atomic E-state index is 13.6. The first-order valence-corrected chi connectivity index (χ1v) is 15.8. The summed E-state index contributed by atoms with van der Waals surface area (Å²) in [7, 11) is 0. The molecule has 3 N–H and O–H groups in total. The summed E-state index contributed by atoms with van der Waals surface area (Å²) in [5.41, 5.74) is 0.889. The Kier molecular flexibility index (Phi) is 11.0. The fourth-order valence-electron chi connectivity index (χ4n) is 5.31. The van der Waals surface area contributed by atoms with Gasteiger partial charge in [0.2, 0.25) is 17.7 Å². The van der Waals surface area contributed by atoms with Crippen LogP contribution in [0.3, 0.4) is 0 Å². The lowest BCUT2D eigenvalue weighted by Crippen LogP contribution is -2.49. The van der Waals surface area contributed by atoms with E-state index in [2.05, 4.69) is 16.0 Å². The Hall–Kier alpha value is -2.92. The summed E-state index contributed by atoms with van der Waals surface area (Å²) >= 11 is 1.64. The largest absolute Gasteiger partial charge is 0.344 e. The molecular weight excluding hydrogens is 526 g/mol. The van der Waals surface area contributed by atoms with Crippen molar-refractivity contribution in [2.24, 2.45) is 11.8 Å². The highest BCUT2D eigenvalue weighted by Gasteiger charge is 2.31. The number of rotatable bonds is 6. The molecule has 10 nitrogen and oxygen atoms in total. The van der Waals surface area contributed by atoms with E-state index in [1.807, 2.05) is 60.0 Å². The van der Waals surface area contributed by atoms with E-state index in [0.29, 0.717) is 50.7 Å². The van der Waals surface area contributed by atoms with Crippen LogP contribution in [0.4, 0.5) is 0 Å². The van der Waals surface area contributed by atoms with Crippen LogP contribution in [0.15, 0.2) is 30.3 Å². The molecule has 0 saturated carbocycles. The van der Waals surface area contributed by atoms with Crippen LogP contribution in [0.5, 0.6) is 0 Å². The zero-order chi connectivity index (χ0) is 28.5. The number of hydrogen-bond donors (Lipinski definition) is 3. The van der Waals surface area contributed by atoms with E-state index in [1.54, 1.807) is 11.8 Å². The van der Waals surface area contributed by atoms with Crippen molar-refractivity contribution in [3.63, 3.8) is 0 Å². The zero-order valence-corrected chi connectivity index (χ0v) is 24.7. The van der Waals surface area contributed by atoms with Crippen molar-refractivity contribution in [2.45, 2.75) is 64.6 Å². The van der Waals surface area contributed by atoms with E-state index in [0.717, 1.165) is 30.7 Å². The number of carbonyl (C=O) groups excluding carboxylic acids is 3. The van der Waals surface area contributed by atoms with Crippen LogP contribution in [-0.4, -0.2) is 81.6 Å². The van der Waals surface area contributed by atoms with E-state index in [-0.39, 0.29) is 36.0 Å². The van der Waals surface area contributed by atoms with Crippen LogP contribution < -0.4 is 16.0 Å². The van der Waals surface area contributed by atoms with Gasteiger partial charge in [-0.2, -0.15) is 16.9 Å². The number of aromatic nitrogens is 3. The number of piperidine rings is 1. The van der Waals surface area contributed by atoms with Gasteiger partial charge in [0.15, 0.2) is 11.6 Å². The smallest absolute Gasteiger partial charge is 0.243 e. The number of benzene rings is 1. The van der Waals surface area contributed by atoms with Gasteiger partial charge in [0, 0.05) is 31.6 Å². The Morgan fingerprint density at radius 2 is 1.90 bits per heavy atom. The standard InChI is InChI=1S/C29H43N7O3S/c1-20(2)25-27-33-26(21-9-5-4-6-10-21)34-36(27)17-16-35(29(39)22-11-7-14-30-19-22)15-8-12-24(37)31-23(13-18-40-3)28(38)32-25/h4-6,9-10,20,22-23,25,30H,7-8,11-19H2,1-3H3,(H,31,37)(H,32,38)/t22-,23-,25+/m0/s1. The molecule has 1 aromatic carbocycles. The number of thioether (sulfide) groups is 1. The van der Waals surface area contributed by atoms with Gasteiger partial charge in [-0.1, -0.05) is 44.2 Å². The summed E-state index contributed by atoms with van der Waals surface area (Å²) in [6, 6.07) is 8.73. The van der Waals surface area contributed by atoms with Crippen molar-refractivity contribution in [1.82, 2.24) is 35.6 Å². The maximum atomic E-state index is 13.6. The minimum absolute atomic E-state index is 0.0198. The second kappa shape index (κ2) is 14.6. The van der Waals surface area contributed by atoms with Gasteiger partial charge in [-0.15, -0.1) is 0 Å².